The topological polar surface area (TPSA) is 85.2 Å². The van der Waals surface area contributed by atoms with E-state index in [0.29, 0.717) is 18.1 Å². The second kappa shape index (κ2) is 7.74. The number of ether oxygens (including phenoxy) is 3. The van der Waals surface area contributed by atoms with E-state index in [2.05, 4.69) is 0 Å². The molecule has 23 heavy (non-hydrogen) atoms. The highest BCUT2D eigenvalue weighted by Gasteiger charge is 2.09. The highest BCUT2D eigenvalue weighted by Crippen LogP contribution is 2.30. The molecule has 2 aromatic carbocycles. The number of benzene rings is 2. The Hall–Kier alpha value is -3.15. The number of para-hydroxylation sites is 2. The molecule has 0 aliphatic carbocycles. The lowest BCUT2D eigenvalue weighted by atomic mass is 10.2. The first-order valence-electron chi connectivity index (χ1n) is 6.73. The smallest absolute Gasteiger partial charge is 0.328 e. The lowest BCUT2D eigenvalue weighted by Gasteiger charge is -2.03. The first kappa shape index (κ1) is 16.2. The lowest BCUT2D eigenvalue weighted by molar-refractivity contribution is -0.131. The van der Waals surface area contributed by atoms with E-state index in [1.807, 2.05) is 24.3 Å². The summed E-state index contributed by atoms with van der Waals surface area (Å²) in [5.74, 6) is 1.02. The monoisotopic (exact) mass is 316 g/mol. The van der Waals surface area contributed by atoms with Crippen LogP contribution in [0.25, 0.3) is 6.08 Å². The minimum atomic E-state index is -1.02. The summed E-state index contributed by atoms with van der Waals surface area (Å²) in [5.41, 5.74) is 0.655. The van der Waals surface area contributed by atoms with Crippen molar-refractivity contribution < 1.29 is 29.2 Å². The van der Waals surface area contributed by atoms with Crippen LogP contribution in [0.4, 0.5) is 0 Å². The summed E-state index contributed by atoms with van der Waals surface area (Å²) in [5, 5.41) is 17.6. The van der Waals surface area contributed by atoms with Gasteiger partial charge in [-0.3, -0.25) is 0 Å². The van der Waals surface area contributed by atoms with Crippen LogP contribution in [0, 0.1) is 0 Å². The standard InChI is InChI=1S/C10H10O4.C7H6O2/c1-14-9-6-7(2-4-8(9)11)3-5-10(12)13;1-2-4-7-6(3-1)8-5-9-7/h2-6,11H,1H3,(H,12,13);1-4H,5H2/b5-3+;. The maximum Gasteiger partial charge on any atom is 0.328 e. The van der Waals surface area contributed by atoms with E-state index in [1.54, 1.807) is 12.1 Å². The van der Waals surface area contributed by atoms with Gasteiger partial charge in [0, 0.05) is 6.08 Å². The van der Waals surface area contributed by atoms with Crippen LogP contribution in [0.15, 0.2) is 48.5 Å². The van der Waals surface area contributed by atoms with Gasteiger partial charge in [0.15, 0.2) is 23.0 Å². The van der Waals surface area contributed by atoms with Crippen LogP contribution in [0.5, 0.6) is 23.0 Å². The Labute approximate surface area is 133 Å². The van der Waals surface area contributed by atoms with E-state index < -0.39 is 5.97 Å². The van der Waals surface area contributed by atoms with Crippen LogP contribution in [-0.2, 0) is 4.79 Å². The number of hydrogen-bond acceptors (Lipinski definition) is 5. The number of methoxy groups -OCH3 is 1. The van der Waals surface area contributed by atoms with Crippen LogP contribution < -0.4 is 14.2 Å². The quantitative estimate of drug-likeness (QED) is 0.847. The van der Waals surface area contributed by atoms with Crippen molar-refractivity contribution in [3.63, 3.8) is 0 Å². The number of phenolic OH excluding ortho intramolecular Hbond substituents is 1. The minimum Gasteiger partial charge on any atom is -0.504 e. The van der Waals surface area contributed by atoms with E-state index in [-0.39, 0.29) is 5.75 Å². The number of rotatable bonds is 3. The predicted octanol–water partition coefficient (Wildman–Crippen LogP) is 2.91. The third-order valence-corrected chi connectivity index (χ3v) is 2.90. The van der Waals surface area contributed by atoms with Crippen molar-refractivity contribution >= 4 is 12.0 Å². The maximum absolute atomic E-state index is 10.2. The Kier molecular flexibility index (Phi) is 5.46. The van der Waals surface area contributed by atoms with Crippen molar-refractivity contribution in [1.29, 1.82) is 0 Å². The maximum atomic E-state index is 10.2. The third kappa shape index (κ3) is 4.67. The zero-order chi connectivity index (χ0) is 16.7. The Morgan fingerprint density at radius 3 is 2.39 bits per heavy atom. The number of carbonyl (C=O) groups is 1. The predicted molar refractivity (Wildman–Crippen MR) is 83.9 cm³/mol. The molecule has 1 aliphatic heterocycles. The first-order chi connectivity index (χ1) is 11.1. The van der Waals surface area contributed by atoms with Crippen molar-refractivity contribution in [3.05, 3.63) is 54.1 Å². The second-order valence-electron chi connectivity index (χ2n) is 4.46. The molecule has 1 heterocycles. The van der Waals surface area contributed by atoms with Gasteiger partial charge in [0.25, 0.3) is 0 Å². The molecule has 0 bridgehead atoms. The summed E-state index contributed by atoms with van der Waals surface area (Å²) in [6.45, 7) is 0.360. The molecular weight excluding hydrogens is 300 g/mol. The van der Waals surface area contributed by atoms with Gasteiger partial charge in [-0.2, -0.15) is 0 Å². The van der Waals surface area contributed by atoms with Crippen LogP contribution in [0.1, 0.15) is 5.56 Å². The number of carboxylic acid groups (broad SMARTS) is 1. The molecule has 0 radical (unpaired) electrons. The third-order valence-electron chi connectivity index (χ3n) is 2.90. The number of fused-ring (bicyclic) bond motifs is 1. The van der Waals surface area contributed by atoms with Gasteiger partial charge in [-0.1, -0.05) is 18.2 Å². The molecule has 2 N–H and O–H groups in total. The van der Waals surface area contributed by atoms with Gasteiger partial charge in [-0.15, -0.1) is 0 Å². The molecule has 6 heteroatoms. The Morgan fingerprint density at radius 2 is 1.83 bits per heavy atom. The minimum absolute atomic E-state index is 0.0278. The van der Waals surface area contributed by atoms with Gasteiger partial charge in [0.05, 0.1) is 7.11 Å². The molecule has 6 nitrogen and oxygen atoms in total. The zero-order valence-electron chi connectivity index (χ0n) is 12.4. The fraction of sp³-hybridized carbons (Fsp3) is 0.118. The fourth-order valence-electron chi connectivity index (χ4n) is 1.81. The average molecular weight is 316 g/mol. The molecule has 0 spiro atoms. The molecule has 0 atom stereocenters. The molecule has 0 unspecified atom stereocenters. The normalized spacial score (nSPS) is 11.7. The molecule has 120 valence electrons. The molecule has 3 rings (SSSR count). The zero-order valence-corrected chi connectivity index (χ0v) is 12.4. The fourth-order valence-corrected chi connectivity index (χ4v) is 1.81. The van der Waals surface area contributed by atoms with Crippen molar-refractivity contribution in [3.8, 4) is 23.0 Å². The highest BCUT2D eigenvalue weighted by atomic mass is 16.7. The molecular formula is C17H16O6. The van der Waals surface area contributed by atoms with Gasteiger partial charge in [-0.25, -0.2) is 4.79 Å². The summed E-state index contributed by atoms with van der Waals surface area (Å²) >= 11 is 0. The lowest BCUT2D eigenvalue weighted by Crippen LogP contribution is -1.92. The summed E-state index contributed by atoms with van der Waals surface area (Å²) in [6.07, 6.45) is 2.44. The van der Waals surface area contributed by atoms with Crippen LogP contribution in [-0.4, -0.2) is 30.1 Å². The van der Waals surface area contributed by atoms with E-state index in [1.165, 1.54) is 19.3 Å². The summed E-state index contributed by atoms with van der Waals surface area (Å²) < 4.78 is 15.0. The summed E-state index contributed by atoms with van der Waals surface area (Å²) in [4.78, 5) is 10.2. The number of phenols is 1. The highest BCUT2D eigenvalue weighted by molar-refractivity contribution is 5.85. The van der Waals surface area contributed by atoms with Gasteiger partial charge in [0.1, 0.15) is 0 Å². The Bertz CT molecular complexity index is 685. The van der Waals surface area contributed by atoms with Crippen molar-refractivity contribution in [2.45, 2.75) is 0 Å². The average Bonchev–Trinajstić information content (AvgIpc) is 3.03. The van der Waals surface area contributed by atoms with Crippen molar-refractivity contribution in [2.75, 3.05) is 13.9 Å². The molecule has 0 saturated carbocycles. The van der Waals surface area contributed by atoms with Crippen LogP contribution >= 0.6 is 0 Å². The van der Waals surface area contributed by atoms with E-state index in [4.69, 9.17) is 19.3 Å². The second-order valence-corrected chi connectivity index (χ2v) is 4.46. The van der Waals surface area contributed by atoms with Gasteiger partial charge in [-0.05, 0) is 35.9 Å². The van der Waals surface area contributed by atoms with Crippen molar-refractivity contribution in [1.82, 2.24) is 0 Å². The first-order valence-corrected chi connectivity index (χ1v) is 6.73. The molecule has 0 aromatic heterocycles. The molecule has 0 saturated heterocycles. The number of hydrogen-bond donors (Lipinski definition) is 2. The number of aromatic hydroxyl groups is 1. The molecule has 1 aliphatic rings. The van der Waals surface area contributed by atoms with Gasteiger partial charge < -0.3 is 24.4 Å². The van der Waals surface area contributed by atoms with Crippen LogP contribution in [0.3, 0.4) is 0 Å². The van der Waals surface area contributed by atoms with Crippen LogP contribution in [0.2, 0.25) is 0 Å². The van der Waals surface area contributed by atoms with Gasteiger partial charge in [0.2, 0.25) is 6.79 Å². The molecule has 0 fully saturated rings. The SMILES string of the molecule is COc1cc(/C=C/C(=O)O)ccc1O.c1ccc2c(c1)OCO2. The summed E-state index contributed by atoms with van der Waals surface area (Å²) in [7, 11) is 1.43. The van der Waals surface area contributed by atoms with E-state index in [9.17, 15) is 9.90 Å². The number of aliphatic carboxylic acids is 1. The molecule has 0 amide bonds. The summed E-state index contributed by atoms with van der Waals surface area (Å²) in [6, 6.07) is 12.2. The Morgan fingerprint density at radius 1 is 1.17 bits per heavy atom. The number of carboxylic acids is 1. The van der Waals surface area contributed by atoms with Crippen molar-refractivity contribution in [2.24, 2.45) is 0 Å². The molecule has 2 aromatic rings. The Balaban J connectivity index is 0.000000182. The van der Waals surface area contributed by atoms with E-state index in [0.717, 1.165) is 17.6 Å². The largest absolute Gasteiger partial charge is 0.504 e. The van der Waals surface area contributed by atoms with E-state index >= 15 is 0 Å². The van der Waals surface area contributed by atoms with Gasteiger partial charge >= 0.3 is 5.97 Å².